The van der Waals surface area contributed by atoms with Gasteiger partial charge in [-0.1, -0.05) is 0 Å². The van der Waals surface area contributed by atoms with E-state index in [-0.39, 0.29) is 12.5 Å². The van der Waals surface area contributed by atoms with Crippen LogP contribution < -0.4 is 0 Å². The number of piperidine rings is 1. The van der Waals surface area contributed by atoms with Gasteiger partial charge in [-0.25, -0.2) is 14.0 Å². The van der Waals surface area contributed by atoms with Crippen molar-refractivity contribution in [3.63, 3.8) is 0 Å². The van der Waals surface area contributed by atoms with Crippen LogP contribution in [0.5, 0.6) is 0 Å². The molecule has 1 aliphatic heterocycles. The summed E-state index contributed by atoms with van der Waals surface area (Å²) in [5.74, 6) is -1.75. The molecule has 18 heavy (non-hydrogen) atoms. The summed E-state index contributed by atoms with van der Waals surface area (Å²) < 4.78 is 18.8. The van der Waals surface area contributed by atoms with Crippen LogP contribution in [0.25, 0.3) is 0 Å². The molecule has 5 nitrogen and oxygen atoms in total. The van der Waals surface area contributed by atoms with Gasteiger partial charge in [0.05, 0.1) is 0 Å². The number of aliphatic carboxylic acids is 1. The maximum absolute atomic E-state index is 13.6. The monoisotopic (exact) mass is 259 g/mol. The topological polar surface area (TPSA) is 66.8 Å². The summed E-state index contributed by atoms with van der Waals surface area (Å²) in [6.07, 6.45) is -1.16. The van der Waals surface area contributed by atoms with Crippen LogP contribution in [0.2, 0.25) is 0 Å². The van der Waals surface area contributed by atoms with E-state index < -0.39 is 35.8 Å². The summed E-state index contributed by atoms with van der Waals surface area (Å²) in [4.78, 5) is 24.4. The summed E-state index contributed by atoms with van der Waals surface area (Å²) in [7, 11) is 0. The average molecular weight is 259 g/mol. The number of hydrogen-bond donors (Lipinski definition) is 1. The third kappa shape index (κ3) is 2.15. The second-order valence-corrected chi connectivity index (χ2v) is 5.98. The van der Waals surface area contributed by atoms with Gasteiger partial charge in [0.2, 0.25) is 0 Å². The highest BCUT2D eigenvalue weighted by Gasteiger charge is 2.57. The number of amides is 1. The molecule has 0 aromatic heterocycles. The Hall–Kier alpha value is -1.33. The first-order chi connectivity index (χ1) is 8.20. The van der Waals surface area contributed by atoms with E-state index >= 15 is 0 Å². The van der Waals surface area contributed by atoms with Crippen LogP contribution in [-0.2, 0) is 9.53 Å². The standard InChI is InChI=1S/C12H18FNO4/c1-12(2,3)18-11(17)14-6-4-7(8(13)5-6)9(14)10(15)16/h6-9H,4-5H2,1-3H3,(H,15,16)/t6?,7?,8-,9-/m1/s1. The molecule has 0 aromatic rings. The summed E-state index contributed by atoms with van der Waals surface area (Å²) in [5, 5.41) is 9.15. The molecule has 2 fully saturated rings. The lowest BCUT2D eigenvalue weighted by Crippen LogP contribution is -2.53. The second-order valence-electron chi connectivity index (χ2n) is 5.98. The second kappa shape index (κ2) is 4.10. The van der Waals surface area contributed by atoms with Gasteiger partial charge in [0.1, 0.15) is 17.8 Å². The minimum absolute atomic E-state index is 0.216. The summed E-state index contributed by atoms with van der Waals surface area (Å²) in [5.41, 5.74) is -0.683. The normalized spacial score (nSPS) is 34.8. The van der Waals surface area contributed by atoms with Crippen molar-refractivity contribution in [2.75, 3.05) is 0 Å². The van der Waals surface area contributed by atoms with Crippen LogP contribution in [0.3, 0.4) is 0 Å². The van der Waals surface area contributed by atoms with Gasteiger partial charge in [-0.3, -0.25) is 4.90 Å². The fourth-order valence-electron chi connectivity index (χ4n) is 2.86. The highest BCUT2D eigenvalue weighted by atomic mass is 19.1. The summed E-state index contributed by atoms with van der Waals surface area (Å²) >= 11 is 0. The van der Waals surface area contributed by atoms with Crippen molar-refractivity contribution in [1.29, 1.82) is 0 Å². The molecule has 1 aliphatic carbocycles. The molecule has 1 N–H and O–H groups in total. The molecule has 4 atom stereocenters. The molecule has 1 heterocycles. The molecule has 102 valence electrons. The molecule has 2 aliphatic rings. The van der Waals surface area contributed by atoms with Gasteiger partial charge < -0.3 is 9.84 Å². The Kier molecular flexibility index (Phi) is 2.99. The number of nitrogens with zero attached hydrogens (tertiary/aromatic N) is 1. The van der Waals surface area contributed by atoms with Crippen LogP contribution in [0, 0.1) is 5.92 Å². The number of carbonyl (C=O) groups is 2. The van der Waals surface area contributed by atoms with E-state index in [2.05, 4.69) is 0 Å². The van der Waals surface area contributed by atoms with E-state index in [0.717, 1.165) is 0 Å². The number of halogens is 1. The van der Waals surface area contributed by atoms with Crippen molar-refractivity contribution in [2.24, 2.45) is 5.92 Å². The number of rotatable bonds is 1. The number of hydrogen-bond acceptors (Lipinski definition) is 3. The van der Waals surface area contributed by atoms with Gasteiger partial charge in [-0.2, -0.15) is 0 Å². The lowest BCUT2D eigenvalue weighted by atomic mass is 9.97. The van der Waals surface area contributed by atoms with E-state index in [9.17, 15) is 14.0 Å². The van der Waals surface area contributed by atoms with Crippen molar-refractivity contribution in [3.8, 4) is 0 Å². The van der Waals surface area contributed by atoms with E-state index in [0.29, 0.717) is 6.42 Å². The maximum Gasteiger partial charge on any atom is 0.411 e. The van der Waals surface area contributed by atoms with Crippen LogP contribution >= 0.6 is 0 Å². The number of fused-ring (bicyclic) bond motifs is 2. The zero-order valence-electron chi connectivity index (χ0n) is 10.7. The van der Waals surface area contributed by atoms with E-state index in [1.54, 1.807) is 20.8 Å². The van der Waals surface area contributed by atoms with E-state index in [4.69, 9.17) is 9.84 Å². The number of carbonyl (C=O) groups excluding carboxylic acids is 1. The first kappa shape index (κ1) is 13.1. The molecule has 6 heteroatoms. The van der Waals surface area contributed by atoms with Gasteiger partial charge in [0.15, 0.2) is 0 Å². The van der Waals surface area contributed by atoms with Crippen molar-refractivity contribution in [1.82, 2.24) is 4.90 Å². The summed E-state index contributed by atoms with van der Waals surface area (Å²) in [6.45, 7) is 5.15. The fraction of sp³-hybridized carbons (Fsp3) is 0.833. The third-order valence-electron chi connectivity index (χ3n) is 3.46. The minimum Gasteiger partial charge on any atom is -0.480 e. The molecule has 1 saturated carbocycles. The molecule has 0 spiro atoms. The molecule has 0 radical (unpaired) electrons. The molecule has 1 amide bonds. The Morgan fingerprint density at radius 2 is 1.94 bits per heavy atom. The Morgan fingerprint density at radius 1 is 1.33 bits per heavy atom. The third-order valence-corrected chi connectivity index (χ3v) is 3.46. The van der Waals surface area contributed by atoms with Gasteiger partial charge >= 0.3 is 12.1 Å². The van der Waals surface area contributed by atoms with Crippen LogP contribution in [0.4, 0.5) is 9.18 Å². The number of alkyl halides is 1. The van der Waals surface area contributed by atoms with Gasteiger partial charge in [-0.05, 0) is 33.6 Å². The Morgan fingerprint density at radius 3 is 2.44 bits per heavy atom. The van der Waals surface area contributed by atoms with Crippen molar-refractivity contribution >= 4 is 12.1 Å². The Bertz CT molecular complexity index is 379. The molecule has 1 saturated heterocycles. The van der Waals surface area contributed by atoms with Gasteiger partial charge in [-0.15, -0.1) is 0 Å². The quantitative estimate of drug-likeness (QED) is 0.779. The number of likely N-dealkylation sites (tertiary alicyclic amines) is 1. The highest BCUT2D eigenvalue weighted by molar-refractivity contribution is 5.82. The van der Waals surface area contributed by atoms with Gasteiger partial charge in [0.25, 0.3) is 0 Å². The molecule has 2 bridgehead atoms. The highest BCUT2D eigenvalue weighted by Crippen LogP contribution is 2.44. The SMILES string of the molecule is CC(C)(C)OC(=O)N1C2CC([C@H](F)C2)[C@@H]1C(=O)O. The number of carboxylic acids is 1. The molecule has 0 aromatic carbocycles. The average Bonchev–Trinajstić information content (AvgIpc) is 2.69. The predicted octanol–water partition coefficient (Wildman–Crippen LogP) is 1.81. The van der Waals surface area contributed by atoms with Gasteiger partial charge in [0, 0.05) is 12.0 Å². The first-order valence-electron chi connectivity index (χ1n) is 6.09. The van der Waals surface area contributed by atoms with Crippen molar-refractivity contribution in [3.05, 3.63) is 0 Å². The first-order valence-corrected chi connectivity index (χ1v) is 6.09. The number of ether oxygens (including phenoxy) is 1. The summed E-state index contributed by atoms with van der Waals surface area (Å²) in [6, 6.07) is -1.44. The molecular formula is C12H18FNO4. The predicted molar refractivity (Wildman–Crippen MR) is 60.9 cm³/mol. The largest absolute Gasteiger partial charge is 0.480 e. The Labute approximate surface area is 105 Å². The lowest BCUT2D eigenvalue weighted by molar-refractivity contribution is -0.146. The zero-order valence-corrected chi connectivity index (χ0v) is 10.7. The maximum atomic E-state index is 13.6. The smallest absolute Gasteiger partial charge is 0.411 e. The van der Waals surface area contributed by atoms with Crippen molar-refractivity contribution in [2.45, 2.75) is 57.5 Å². The van der Waals surface area contributed by atoms with Crippen LogP contribution in [0.15, 0.2) is 0 Å². The van der Waals surface area contributed by atoms with Crippen molar-refractivity contribution < 1.29 is 23.8 Å². The van der Waals surface area contributed by atoms with E-state index in [1.165, 1.54) is 4.90 Å². The number of carboxylic acid groups (broad SMARTS) is 1. The fourth-order valence-corrected chi connectivity index (χ4v) is 2.86. The van der Waals surface area contributed by atoms with Crippen LogP contribution in [-0.4, -0.2) is 45.9 Å². The van der Waals surface area contributed by atoms with E-state index in [1.807, 2.05) is 0 Å². The van der Waals surface area contributed by atoms with Crippen LogP contribution in [0.1, 0.15) is 33.6 Å². The lowest BCUT2D eigenvalue weighted by Gasteiger charge is -2.35. The zero-order chi connectivity index (χ0) is 13.7. The minimum atomic E-state index is -1.16. The molecule has 2 unspecified atom stereocenters. The Balaban J connectivity index is 2.17. The molecule has 2 rings (SSSR count). The molecular weight excluding hydrogens is 241 g/mol.